The molecular formula is C41H74N6O6. The predicted octanol–water partition coefficient (Wildman–Crippen LogP) is 9.31. The first-order valence-corrected chi connectivity index (χ1v) is 20.7. The van der Waals surface area contributed by atoms with Crippen LogP contribution in [0.4, 0.5) is 20.3 Å². The molecule has 0 radical (unpaired) electrons. The summed E-state index contributed by atoms with van der Waals surface area (Å²) in [4.78, 5) is 57.0. The third kappa shape index (κ3) is 19.5. The van der Waals surface area contributed by atoms with Gasteiger partial charge in [-0.2, -0.15) is 0 Å². The van der Waals surface area contributed by atoms with E-state index in [2.05, 4.69) is 65.9 Å². The maximum Gasteiger partial charge on any atom is 0.407 e. The number of hydrogen-bond acceptors (Lipinski definition) is 7. The Morgan fingerprint density at radius 3 is 2.00 bits per heavy atom. The number of alkyl carbamates (subject to hydrolysis) is 2. The van der Waals surface area contributed by atoms with Crippen LogP contribution in [0.25, 0.3) is 0 Å². The molecule has 0 bridgehead atoms. The molecule has 304 valence electrons. The molecule has 4 amide bonds. The van der Waals surface area contributed by atoms with Crippen molar-refractivity contribution >= 4 is 24.2 Å². The zero-order valence-corrected chi connectivity index (χ0v) is 34.3. The van der Waals surface area contributed by atoms with Gasteiger partial charge in [-0.15, -0.1) is 0 Å². The highest BCUT2D eigenvalue weighted by Crippen LogP contribution is 2.45. The number of rotatable bonds is 25. The highest BCUT2D eigenvalue weighted by atomic mass is 16.6. The normalized spacial score (nSPS) is 18.5. The molecule has 2 rings (SSSR count). The van der Waals surface area contributed by atoms with E-state index in [1.165, 1.54) is 96.9 Å². The summed E-state index contributed by atoms with van der Waals surface area (Å²) in [6.07, 6.45) is 21.9. The first kappa shape index (κ1) is 45.8. The fraction of sp³-hybridized carbons (Fsp3) is 0.829. The lowest BCUT2D eigenvalue weighted by atomic mass is 9.62. The molecule has 12 heteroatoms. The van der Waals surface area contributed by atoms with E-state index >= 15 is 0 Å². The molecule has 1 aromatic heterocycles. The number of H-pyrrole nitrogens is 1. The highest BCUT2D eigenvalue weighted by Gasteiger charge is 2.42. The standard InChI is InChI=1S/C41H74N6O6/c1-8-10-12-14-16-17-19-21-23-32(22-20-18-15-13-11-9-2)28-53-39(51)45-33-26-40(4,5)29-41(6,27-33)30-43-37(49)47-36-44-31(3)34(35(48)46-36)24-25-52-38(50)42-7/h32-33H,8-30H2,1-7H3,(H,42,50)(H,45,51)(H3,43,44,46,47,48,49). The van der Waals surface area contributed by atoms with Gasteiger partial charge < -0.3 is 25.4 Å². The van der Waals surface area contributed by atoms with E-state index < -0.39 is 17.7 Å². The van der Waals surface area contributed by atoms with Crippen LogP contribution in [0.3, 0.4) is 0 Å². The first-order chi connectivity index (χ1) is 25.3. The Kier molecular flexibility index (Phi) is 21.5. The highest BCUT2D eigenvalue weighted by molar-refractivity contribution is 5.87. The van der Waals surface area contributed by atoms with Crippen molar-refractivity contribution in [3.63, 3.8) is 0 Å². The molecule has 1 aliphatic rings. The van der Waals surface area contributed by atoms with Gasteiger partial charge in [-0.05, 0) is 55.8 Å². The Bertz CT molecular complexity index is 1290. The van der Waals surface area contributed by atoms with Gasteiger partial charge in [0.1, 0.15) is 0 Å². The van der Waals surface area contributed by atoms with Crippen molar-refractivity contribution in [2.24, 2.45) is 16.7 Å². The van der Waals surface area contributed by atoms with Crippen molar-refractivity contribution in [3.05, 3.63) is 21.6 Å². The molecule has 1 aliphatic carbocycles. The van der Waals surface area contributed by atoms with Gasteiger partial charge >= 0.3 is 18.2 Å². The van der Waals surface area contributed by atoms with Gasteiger partial charge in [0.15, 0.2) is 0 Å². The molecule has 53 heavy (non-hydrogen) atoms. The fourth-order valence-electron chi connectivity index (χ4n) is 8.09. The van der Waals surface area contributed by atoms with Crippen LogP contribution in [-0.4, -0.2) is 61.0 Å². The van der Waals surface area contributed by atoms with Crippen LogP contribution >= 0.6 is 0 Å². The van der Waals surface area contributed by atoms with Crippen LogP contribution < -0.4 is 26.8 Å². The van der Waals surface area contributed by atoms with E-state index in [1.54, 1.807) is 6.92 Å². The molecule has 0 saturated heterocycles. The Morgan fingerprint density at radius 2 is 1.43 bits per heavy atom. The van der Waals surface area contributed by atoms with Crippen LogP contribution in [0.2, 0.25) is 0 Å². The van der Waals surface area contributed by atoms with Gasteiger partial charge in [-0.25, -0.2) is 19.4 Å². The predicted molar refractivity (Wildman–Crippen MR) is 213 cm³/mol. The summed E-state index contributed by atoms with van der Waals surface area (Å²) in [7, 11) is 1.46. The first-order valence-electron chi connectivity index (χ1n) is 20.7. The second-order valence-corrected chi connectivity index (χ2v) is 16.6. The summed E-state index contributed by atoms with van der Waals surface area (Å²) in [5, 5.41) is 11.1. The number of nitrogens with one attached hydrogen (secondary N) is 5. The number of carbonyl (C=O) groups excluding carboxylic acids is 3. The van der Waals surface area contributed by atoms with Crippen LogP contribution in [0, 0.1) is 23.7 Å². The minimum Gasteiger partial charge on any atom is -0.449 e. The molecule has 0 aromatic carbocycles. The number of amides is 4. The minimum atomic E-state index is -0.578. The van der Waals surface area contributed by atoms with Crippen LogP contribution in [0.15, 0.2) is 4.79 Å². The van der Waals surface area contributed by atoms with Crippen molar-refractivity contribution in [2.75, 3.05) is 32.1 Å². The largest absolute Gasteiger partial charge is 0.449 e. The summed E-state index contributed by atoms with van der Waals surface area (Å²) >= 11 is 0. The zero-order valence-electron chi connectivity index (χ0n) is 34.3. The van der Waals surface area contributed by atoms with Gasteiger partial charge in [0, 0.05) is 31.6 Å². The third-order valence-corrected chi connectivity index (χ3v) is 10.6. The van der Waals surface area contributed by atoms with E-state index in [0.717, 1.165) is 25.7 Å². The van der Waals surface area contributed by atoms with Crippen LogP contribution in [0.5, 0.6) is 0 Å². The molecule has 3 unspecified atom stereocenters. The Balaban J connectivity index is 1.88. The van der Waals surface area contributed by atoms with Gasteiger partial charge in [0.25, 0.3) is 5.56 Å². The summed E-state index contributed by atoms with van der Waals surface area (Å²) in [5.41, 5.74) is 0.0801. The molecule has 12 nitrogen and oxygen atoms in total. The lowest BCUT2D eigenvalue weighted by Gasteiger charge is -2.46. The molecule has 5 N–H and O–H groups in total. The smallest absolute Gasteiger partial charge is 0.407 e. The number of urea groups is 1. The van der Waals surface area contributed by atoms with Crippen molar-refractivity contribution in [1.29, 1.82) is 0 Å². The monoisotopic (exact) mass is 747 g/mol. The van der Waals surface area contributed by atoms with Crippen LogP contribution in [-0.2, 0) is 15.9 Å². The summed E-state index contributed by atoms with van der Waals surface area (Å²) < 4.78 is 10.9. The van der Waals surface area contributed by atoms with Crippen molar-refractivity contribution in [1.82, 2.24) is 25.9 Å². The summed E-state index contributed by atoms with van der Waals surface area (Å²) in [6, 6.07) is -0.559. The number of unbranched alkanes of at least 4 members (excludes halogenated alkanes) is 12. The third-order valence-electron chi connectivity index (χ3n) is 10.6. The molecule has 1 aromatic rings. The SMILES string of the molecule is CCCCCCCCCCC(CCCCCCCC)COC(=O)NC1CC(C)(C)CC(C)(CNC(=O)Nc2nc(C)c(CCOC(=O)NC)c(=O)[nH]2)C1. The molecule has 1 heterocycles. The quantitative estimate of drug-likeness (QED) is 0.0623. The second kappa shape index (κ2) is 24.9. The average molecular weight is 747 g/mol. The number of nitrogens with zero attached hydrogens (tertiary/aromatic N) is 1. The number of anilines is 1. The topological polar surface area (TPSA) is 164 Å². The Morgan fingerprint density at radius 1 is 0.849 bits per heavy atom. The molecule has 3 atom stereocenters. The lowest BCUT2D eigenvalue weighted by Crippen LogP contribution is -2.51. The van der Waals surface area contributed by atoms with Crippen molar-refractivity contribution in [2.45, 2.75) is 176 Å². The van der Waals surface area contributed by atoms with Crippen LogP contribution in [0.1, 0.15) is 168 Å². The van der Waals surface area contributed by atoms with Gasteiger partial charge in [-0.1, -0.05) is 125 Å². The van der Waals surface area contributed by atoms with E-state index in [-0.39, 0.29) is 41.9 Å². The number of ether oxygens (including phenoxy) is 2. The maximum absolute atomic E-state index is 13.2. The number of aryl methyl sites for hydroxylation is 1. The number of carbonyl (C=O) groups is 3. The Labute approximate surface area is 319 Å². The second-order valence-electron chi connectivity index (χ2n) is 16.6. The average Bonchev–Trinajstić information content (AvgIpc) is 3.08. The molecule has 1 fully saturated rings. The molecule has 0 aliphatic heterocycles. The van der Waals surface area contributed by atoms with Gasteiger partial charge in [-0.3, -0.25) is 15.1 Å². The number of aromatic nitrogens is 2. The summed E-state index contributed by atoms with van der Waals surface area (Å²) in [5.74, 6) is 0.435. The van der Waals surface area contributed by atoms with E-state index in [0.29, 0.717) is 36.7 Å². The Hall–Kier alpha value is -3.31. The van der Waals surface area contributed by atoms with E-state index in [4.69, 9.17) is 9.47 Å². The minimum absolute atomic E-state index is 0.0279. The van der Waals surface area contributed by atoms with Crippen molar-refractivity contribution in [3.8, 4) is 0 Å². The van der Waals surface area contributed by atoms with E-state index in [9.17, 15) is 19.2 Å². The lowest BCUT2D eigenvalue weighted by molar-refractivity contribution is 0.0635. The van der Waals surface area contributed by atoms with Crippen molar-refractivity contribution < 1.29 is 23.9 Å². The van der Waals surface area contributed by atoms with Gasteiger partial charge in [0.2, 0.25) is 5.95 Å². The van der Waals surface area contributed by atoms with E-state index in [1.807, 2.05) is 0 Å². The number of aromatic amines is 1. The molecule has 1 saturated carbocycles. The fourth-order valence-corrected chi connectivity index (χ4v) is 8.09. The summed E-state index contributed by atoms with van der Waals surface area (Å²) in [6.45, 7) is 13.6. The maximum atomic E-state index is 13.2. The van der Waals surface area contributed by atoms with Gasteiger partial charge in [0.05, 0.1) is 18.9 Å². The molecule has 0 spiro atoms. The number of hydrogen-bond donors (Lipinski definition) is 5. The zero-order chi connectivity index (χ0) is 39.1. The molecular weight excluding hydrogens is 672 g/mol.